The maximum absolute atomic E-state index is 11.1. The van der Waals surface area contributed by atoms with Crippen LogP contribution in [0.3, 0.4) is 0 Å². The molecular weight excluding hydrogens is 192 g/mol. The molecule has 4 N–H and O–H groups in total. The molecule has 0 aliphatic rings. The van der Waals surface area contributed by atoms with Crippen molar-refractivity contribution in [3.8, 4) is 0 Å². The summed E-state index contributed by atoms with van der Waals surface area (Å²) in [5.41, 5.74) is 5.56. The normalized spacial score (nSPS) is 11.6. The van der Waals surface area contributed by atoms with Crippen LogP contribution in [0.1, 0.15) is 27.2 Å². The van der Waals surface area contributed by atoms with Crippen LogP contribution >= 0.6 is 0 Å². The van der Waals surface area contributed by atoms with Crippen molar-refractivity contribution >= 4 is 11.9 Å². The van der Waals surface area contributed by atoms with Gasteiger partial charge in [0.05, 0.1) is 0 Å². The van der Waals surface area contributed by atoms with E-state index in [0.29, 0.717) is 18.4 Å². The number of nitrogens with zero attached hydrogens (tertiary/aromatic N) is 1. The first kappa shape index (κ1) is 13.7. The van der Waals surface area contributed by atoms with E-state index in [4.69, 9.17) is 5.73 Å². The second-order valence-corrected chi connectivity index (χ2v) is 3.83. The minimum Gasteiger partial charge on any atom is -0.370 e. The lowest BCUT2D eigenvalue weighted by Gasteiger charge is -2.07. The van der Waals surface area contributed by atoms with Crippen molar-refractivity contribution in [3.63, 3.8) is 0 Å². The Labute approximate surface area is 91.5 Å². The number of hydrogen-bond acceptors (Lipinski definition) is 2. The second kappa shape index (κ2) is 8.08. The van der Waals surface area contributed by atoms with Gasteiger partial charge in [-0.25, -0.2) is 4.99 Å². The van der Waals surface area contributed by atoms with E-state index in [-0.39, 0.29) is 12.5 Å². The second-order valence-electron chi connectivity index (χ2n) is 3.83. The highest BCUT2D eigenvalue weighted by Gasteiger charge is 1.99. The Morgan fingerprint density at radius 1 is 1.40 bits per heavy atom. The van der Waals surface area contributed by atoms with Gasteiger partial charge in [0.1, 0.15) is 6.54 Å². The van der Waals surface area contributed by atoms with Gasteiger partial charge in [-0.3, -0.25) is 4.79 Å². The molecule has 0 spiro atoms. The van der Waals surface area contributed by atoms with E-state index in [0.717, 1.165) is 13.0 Å². The lowest BCUT2D eigenvalue weighted by Crippen LogP contribution is -2.36. The standard InChI is InChI=1S/C10H22N4O/c1-4-5-12-9(15)7-14-10(11)13-6-8(2)3/h8H,4-7H2,1-3H3,(H,12,15)(H3,11,13,14). The van der Waals surface area contributed by atoms with Gasteiger partial charge in [0, 0.05) is 13.1 Å². The SMILES string of the molecule is CCCNC(=O)CN=C(N)NCC(C)C. The predicted octanol–water partition coefficient (Wildman–Crippen LogP) is 0.0729. The molecule has 0 unspecified atom stereocenters. The Morgan fingerprint density at radius 2 is 2.07 bits per heavy atom. The van der Waals surface area contributed by atoms with E-state index in [1.54, 1.807) is 0 Å². The first-order chi connectivity index (χ1) is 7.06. The minimum absolute atomic E-state index is 0.0915. The fourth-order valence-electron chi connectivity index (χ4n) is 0.842. The molecule has 0 bridgehead atoms. The van der Waals surface area contributed by atoms with Crippen molar-refractivity contribution < 1.29 is 4.79 Å². The number of amides is 1. The number of aliphatic imine (C=N–C) groups is 1. The minimum atomic E-state index is -0.0915. The molecule has 0 atom stereocenters. The van der Waals surface area contributed by atoms with Crippen LogP contribution in [-0.2, 0) is 4.79 Å². The van der Waals surface area contributed by atoms with Crippen molar-refractivity contribution in [1.82, 2.24) is 10.6 Å². The van der Waals surface area contributed by atoms with Gasteiger partial charge in [0.25, 0.3) is 0 Å². The molecule has 0 saturated carbocycles. The molecule has 0 heterocycles. The Bertz CT molecular complexity index is 213. The zero-order chi connectivity index (χ0) is 11.7. The molecule has 5 nitrogen and oxygen atoms in total. The molecular formula is C10H22N4O. The summed E-state index contributed by atoms with van der Waals surface area (Å²) in [4.78, 5) is 15.1. The summed E-state index contributed by atoms with van der Waals surface area (Å²) in [5, 5.41) is 5.66. The number of nitrogens with one attached hydrogen (secondary N) is 2. The van der Waals surface area contributed by atoms with Crippen molar-refractivity contribution in [2.24, 2.45) is 16.6 Å². The van der Waals surface area contributed by atoms with E-state index >= 15 is 0 Å². The van der Waals surface area contributed by atoms with Crippen LogP contribution in [0.2, 0.25) is 0 Å². The van der Waals surface area contributed by atoms with Gasteiger partial charge in [-0.05, 0) is 12.3 Å². The van der Waals surface area contributed by atoms with Crippen LogP contribution < -0.4 is 16.4 Å². The highest BCUT2D eigenvalue weighted by atomic mass is 16.1. The molecule has 88 valence electrons. The van der Waals surface area contributed by atoms with Crippen LogP contribution in [0.15, 0.2) is 4.99 Å². The zero-order valence-corrected chi connectivity index (χ0v) is 9.84. The molecule has 5 heteroatoms. The van der Waals surface area contributed by atoms with Crippen LogP contribution in [0.5, 0.6) is 0 Å². The number of rotatable bonds is 6. The Balaban J connectivity index is 3.69. The summed E-state index contributed by atoms with van der Waals surface area (Å²) in [5.74, 6) is 0.745. The molecule has 0 radical (unpaired) electrons. The van der Waals surface area contributed by atoms with Gasteiger partial charge >= 0.3 is 0 Å². The van der Waals surface area contributed by atoms with E-state index < -0.39 is 0 Å². The Morgan fingerprint density at radius 3 is 2.60 bits per heavy atom. The third kappa shape index (κ3) is 9.05. The van der Waals surface area contributed by atoms with Crippen molar-refractivity contribution in [2.75, 3.05) is 19.6 Å². The summed E-state index contributed by atoms with van der Waals surface area (Å²) in [7, 11) is 0. The molecule has 0 rings (SSSR count). The molecule has 0 aromatic carbocycles. The lowest BCUT2D eigenvalue weighted by molar-refractivity contribution is -0.119. The fourth-order valence-corrected chi connectivity index (χ4v) is 0.842. The zero-order valence-electron chi connectivity index (χ0n) is 9.84. The topological polar surface area (TPSA) is 79.5 Å². The summed E-state index contributed by atoms with van der Waals surface area (Å²) in [6.45, 7) is 7.71. The summed E-state index contributed by atoms with van der Waals surface area (Å²) in [6, 6.07) is 0. The molecule has 0 aliphatic heterocycles. The molecule has 0 saturated heterocycles. The molecule has 0 aliphatic carbocycles. The van der Waals surface area contributed by atoms with Gasteiger partial charge in [-0.1, -0.05) is 20.8 Å². The summed E-state index contributed by atoms with van der Waals surface area (Å²) < 4.78 is 0. The van der Waals surface area contributed by atoms with Gasteiger partial charge in [-0.15, -0.1) is 0 Å². The lowest BCUT2D eigenvalue weighted by atomic mass is 10.2. The van der Waals surface area contributed by atoms with Gasteiger partial charge in [0.15, 0.2) is 5.96 Å². The van der Waals surface area contributed by atoms with Crippen LogP contribution in [-0.4, -0.2) is 31.5 Å². The molecule has 0 aromatic heterocycles. The molecule has 0 fully saturated rings. The van der Waals surface area contributed by atoms with Crippen molar-refractivity contribution in [1.29, 1.82) is 0 Å². The largest absolute Gasteiger partial charge is 0.370 e. The Hall–Kier alpha value is -1.26. The summed E-state index contributed by atoms with van der Waals surface area (Å²) in [6.07, 6.45) is 0.927. The van der Waals surface area contributed by atoms with Gasteiger partial charge in [0.2, 0.25) is 5.91 Å². The van der Waals surface area contributed by atoms with E-state index in [1.165, 1.54) is 0 Å². The maximum Gasteiger partial charge on any atom is 0.241 e. The van der Waals surface area contributed by atoms with Crippen LogP contribution in [0.4, 0.5) is 0 Å². The van der Waals surface area contributed by atoms with Gasteiger partial charge in [-0.2, -0.15) is 0 Å². The van der Waals surface area contributed by atoms with Crippen LogP contribution in [0.25, 0.3) is 0 Å². The quantitative estimate of drug-likeness (QED) is 0.432. The van der Waals surface area contributed by atoms with E-state index in [2.05, 4.69) is 29.5 Å². The van der Waals surface area contributed by atoms with Crippen molar-refractivity contribution in [3.05, 3.63) is 0 Å². The number of carbonyl (C=O) groups excluding carboxylic acids is 1. The smallest absolute Gasteiger partial charge is 0.241 e. The Kier molecular flexibility index (Phi) is 7.40. The first-order valence-corrected chi connectivity index (χ1v) is 5.36. The molecule has 0 aromatic rings. The molecule has 15 heavy (non-hydrogen) atoms. The van der Waals surface area contributed by atoms with Crippen LogP contribution in [0, 0.1) is 5.92 Å². The monoisotopic (exact) mass is 214 g/mol. The molecule has 1 amide bonds. The van der Waals surface area contributed by atoms with Crippen molar-refractivity contribution in [2.45, 2.75) is 27.2 Å². The predicted molar refractivity (Wildman–Crippen MR) is 62.6 cm³/mol. The number of carbonyl (C=O) groups is 1. The average molecular weight is 214 g/mol. The highest BCUT2D eigenvalue weighted by Crippen LogP contribution is 1.86. The number of guanidine groups is 1. The first-order valence-electron chi connectivity index (χ1n) is 5.36. The van der Waals surface area contributed by atoms with E-state index in [9.17, 15) is 4.79 Å². The third-order valence-corrected chi connectivity index (χ3v) is 1.66. The highest BCUT2D eigenvalue weighted by molar-refractivity contribution is 5.83. The number of hydrogen-bond donors (Lipinski definition) is 3. The number of nitrogens with two attached hydrogens (primary N) is 1. The van der Waals surface area contributed by atoms with E-state index in [1.807, 2.05) is 6.92 Å². The summed E-state index contributed by atoms with van der Waals surface area (Å²) >= 11 is 0. The van der Waals surface area contributed by atoms with Gasteiger partial charge < -0.3 is 16.4 Å². The maximum atomic E-state index is 11.1. The average Bonchev–Trinajstić information content (AvgIpc) is 2.20. The fraction of sp³-hybridized carbons (Fsp3) is 0.800. The third-order valence-electron chi connectivity index (χ3n) is 1.66.